The summed E-state index contributed by atoms with van der Waals surface area (Å²) in [4.78, 5) is 2.57. The number of nitrogens with one attached hydrogen (secondary N) is 1. The molecule has 0 amide bonds. The summed E-state index contributed by atoms with van der Waals surface area (Å²) < 4.78 is 3.08. The molecule has 1 aliphatic rings. The number of aromatic nitrogens is 2. The van der Waals surface area contributed by atoms with Crippen molar-refractivity contribution in [3.63, 3.8) is 0 Å². The third-order valence-corrected chi connectivity index (χ3v) is 5.11. The molecule has 5 heteroatoms. The number of rotatable bonds is 5. The van der Waals surface area contributed by atoms with Gasteiger partial charge in [0.1, 0.15) is 0 Å². The van der Waals surface area contributed by atoms with E-state index in [0.29, 0.717) is 0 Å². The van der Waals surface area contributed by atoms with E-state index < -0.39 is 0 Å². The minimum absolute atomic E-state index is 0.774. The molecule has 1 N–H and O–H groups in total. The van der Waals surface area contributed by atoms with Crippen LogP contribution >= 0.6 is 15.9 Å². The Morgan fingerprint density at radius 1 is 1.30 bits per heavy atom. The van der Waals surface area contributed by atoms with Crippen molar-refractivity contribution in [2.75, 3.05) is 26.7 Å². The highest BCUT2D eigenvalue weighted by Crippen LogP contribution is 2.20. The van der Waals surface area contributed by atoms with Crippen molar-refractivity contribution in [2.24, 2.45) is 5.92 Å². The number of hydrogen-bond donors (Lipinski definition) is 1. The predicted octanol–water partition coefficient (Wildman–Crippen LogP) is 3.37. The van der Waals surface area contributed by atoms with Crippen LogP contribution in [0.5, 0.6) is 0 Å². The molecule has 0 radical (unpaired) electrons. The van der Waals surface area contributed by atoms with Crippen molar-refractivity contribution in [1.29, 1.82) is 0 Å². The first kappa shape index (κ1) is 16.7. The first-order chi connectivity index (χ1) is 11.2. The van der Waals surface area contributed by atoms with Gasteiger partial charge in [0.25, 0.3) is 0 Å². The van der Waals surface area contributed by atoms with Crippen LogP contribution in [-0.4, -0.2) is 41.4 Å². The van der Waals surface area contributed by atoms with Gasteiger partial charge in [-0.25, -0.2) is 4.68 Å². The summed E-state index contributed by atoms with van der Waals surface area (Å²) in [6.07, 6.45) is 4.82. The first-order valence-electron chi connectivity index (χ1n) is 8.33. The molecule has 4 nitrogen and oxygen atoms in total. The molecule has 0 spiro atoms. The fourth-order valence-corrected chi connectivity index (χ4v) is 3.63. The molecule has 1 saturated heterocycles. The molecule has 2 aromatic rings. The highest BCUT2D eigenvalue weighted by atomic mass is 79.9. The van der Waals surface area contributed by atoms with Crippen LogP contribution in [0.1, 0.15) is 24.1 Å². The summed E-state index contributed by atoms with van der Waals surface area (Å²) >= 11 is 3.48. The van der Waals surface area contributed by atoms with Crippen LogP contribution in [0.3, 0.4) is 0 Å². The SMILES string of the molecule is CNC[C@@H]1CCCN(Cc2cn(-c3ccc(Br)cc3)nc2C)C1. The quantitative estimate of drug-likeness (QED) is 0.867. The van der Waals surface area contributed by atoms with Gasteiger partial charge in [-0.3, -0.25) is 4.90 Å². The number of nitrogens with zero attached hydrogens (tertiary/aromatic N) is 3. The van der Waals surface area contributed by atoms with E-state index in [-0.39, 0.29) is 0 Å². The summed E-state index contributed by atoms with van der Waals surface area (Å²) in [5.41, 5.74) is 3.57. The van der Waals surface area contributed by atoms with Crippen molar-refractivity contribution < 1.29 is 0 Å². The summed E-state index contributed by atoms with van der Waals surface area (Å²) in [6.45, 7) is 6.61. The van der Waals surface area contributed by atoms with Crippen LogP contribution < -0.4 is 5.32 Å². The van der Waals surface area contributed by atoms with Gasteiger partial charge in [-0.2, -0.15) is 5.10 Å². The van der Waals surface area contributed by atoms with Gasteiger partial charge in [0.05, 0.1) is 11.4 Å². The Labute approximate surface area is 147 Å². The Hall–Kier alpha value is -1.17. The molecule has 1 atom stereocenters. The molecule has 1 aromatic heterocycles. The second kappa shape index (κ2) is 7.60. The van der Waals surface area contributed by atoms with Gasteiger partial charge in [-0.1, -0.05) is 15.9 Å². The first-order valence-corrected chi connectivity index (χ1v) is 9.13. The molecule has 3 rings (SSSR count). The van der Waals surface area contributed by atoms with Crippen molar-refractivity contribution in [2.45, 2.75) is 26.3 Å². The Morgan fingerprint density at radius 3 is 2.83 bits per heavy atom. The van der Waals surface area contributed by atoms with Gasteiger partial charge in [-0.15, -0.1) is 0 Å². The number of aryl methyl sites for hydroxylation is 1. The van der Waals surface area contributed by atoms with Crippen LogP contribution in [0.4, 0.5) is 0 Å². The molecular weight excluding hydrogens is 352 g/mol. The Morgan fingerprint density at radius 2 is 2.09 bits per heavy atom. The lowest BCUT2D eigenvalue weighted by Gasteiger charge is -2.32. The minimum atomic E-state index is 0.774. The van der Waals surface area contributed by atoms with Gasteiger partial charge in [0.15, 0.2) is 0 Å². The maximum absolute atomic E-state index is 4.69. The molecule has 124 valence electrons. The summed E-state index contributed by atoms with van der Waals surface area (Å²) in [5, 5.41) is 8.01. The monoisotopic (exact) mass is 376 g/mol. The third kappa shape index (κ3) is 4.22. The van der Waals surface area contributed by atoms with Gasteiger partial charge >= 0.3 is 0 Å². The van der Waals surface area contributed by atoms with E-state index in [1.807, 2.05) is 11.7 Å². The van der Waals surface area contributed by atoms with Crippen molar-refractivity contribution in [1.82, 2.24) is 20.0 Å². The van der Waals surface area contributed by atoms with E-state index in [9.17, 15) is 0 Å². The maximum Gasteiger partial charge on any atom is 0.0646 e. The second-order valence-corrected chi connectivity index (χ2v) is 7.38. The van der Waals surface area contributed by atoms with E-state index in [2.05, 4.69) is 63.5 Å². The van der Waals surface area contributed by atoms with Crippen molar-refractivity contribution in [3.8, 4) is 5.69 Å². The van der Waals surface area contributed by atoms with E-state index in [0.717, 1.165) is 34.9 Å². The summed E-state index contributed by atoms with van der Waals surface area (Å²) in [5.74, 6) is 0.774. The molecule has 0 saturated carbocycles. The Bertz CT molecular complexity index is 633. The average molecular weight is 377 g/mol. The highest BCUT2D eigenvalue weighted by molar-refractivity contribution is 9.10. The summed E-state index contributed by atoms with van der Waals surface area (Å²) in [6, 6.07) is 8.28. The van der Waals surface area contributed by atoms with Crippen LogP contribution in [-0.2, 0) is 6.54 Å². The topological polar surface area (TPSA) is 33.1 Å². The standard InChI is InChI=1S/C18H25BrN4/c1-14-16(12-22-9-3-4-15(11-22)10-20-2)13-23(21-14)18-7-5-17(19)6-8-18/h5-8,13,15,20H,3-4,9-12H2,1-2H3/t15-/m0/s1. The van der Waals surface area contributed by atoms with Gasteiger partial charge in [0, 0.05) is 29.3 Å². The number of piperidine rings is 1. The van der Waals surface area contributed by atoms with Crippen LogP contribution in [0, 0.1) is 12.8 Å². The van der Waals surface area contributed by atoms with Gasteiger partial charge < -0.3 is 5.32 Å². The van der Waals surface area contributed by atoms with E-state index in [1.165, 1.54) is 31.5 Å². The maximum atomic E-state index is 4.69. The average Bonchev–Trinajstić information content (AvgIpc) is 2.90. The molecule has 1 fully saturated rings. The molecular formula is C18H25BrN4. The second-order valence-electron chi connectivity index (χ2n) is 6.46. The molecule has 1 aliphatic heterocycles. The summed E-state index contributed by atoms with van der Waals surface area (Å²) in [7, 11) is 2.05. The fourth-order valence-electron chi connectivity index (χ4n) is 3.37. The Kier molecular flexibility index (Phi) is 5.51. The molecule has 23 heavy (non-hydrogen) atoms. The zero-order chi connectivity index (χ0) is 16.2. The predicted molar refractivity (Wildman–Crippen MR) is 97.9 cm³/mol. The van der Waals surface area contributed by atoms with Crippen LogP contribution in [0.15, 0.2) is 34.9 Å². The lowest BCUT2D eigenvalue weighted by molar-refractivity contribution is 0.166. The van der Waals surface area contributed by atoms with E-state index in [4.69, 9.17) is 5.10 Å². The van der Waals surface area contributed by atoms with Crippen molar-refractivity contribution >= 4 is 15.9 Å². The number of benzene rings is 1. The van der Waals surface area contributed by atoms with Crippen LogP contribution in [0.2, 0.25) is 0 Å². The minimum Gasteiger partial charge on any atom is -0.319 e. The largest absolute Gasteiger partial charge is 0.319 e. The van der Waals surface area contributed by atoms with Crippen molar-refractivity contribution in [3.05, 3.63) is 46.2 Å². The lowest BCUT2D eigenvalue weighted by atomic mass is 9.97. The number of hydrogen-bond acceptors (Lipinski definition) is 3. The molecule has 0 unspecified atom stereocenters. The Balaban J connectivity index is 1.70. The third-order valence-electron chi connectivity index (χ3n) is 4.58. The fraction of sp³-hybridized carbons (Fsp3) is 0.500. The van der Waals surface area contributed by atoms with Gasteiger partial charge in [-0.05, 0) is 70.1 Å². The zero-order valence-electron chi connectivity index (χ0n) is 13.9. The zero-order valence-corrected chi connectivity index (χ0v) is 15.5. The molecule has 0 bridgehead atoms. The smallest absolute Gasteiger partial charge is 0.0646 e. The lowest BCUT2D eigenvalue weighted by Crippen LogP contribution is -2.38. The number of halogens is 1. The molecule has 2 heterocycles. The van der Waals surface area contributed by atoms with E-state index >= 15 is 0 Å². The van der Waals surface area contributed by atoms with E-state index in [1.54, 1.807) is 0 Å². The van der Waals surface area contributed by atoms with Crippen LogP contribution in [0.25, 0.3) is 5.69 Å². The van der Waals surface area contributed by atoms with Gasteiger partial charge in [0.2, 0.25) is 0 Å². The number of likely N-dealkylation sites (tertiary alicyclic amines) is 1. The molecule has 1 aromatic carbocycles. The highest BCUT2D eigenvalue weighted by Gasteiger charge is 2.20. The molecule has 0 aliphatic carbocycles. The normalized spacial score (nSPS) is 19.2.